The number of rotatable bonds is 4. The number of ether oxygens (including phenoxy) is 1. The van der Waals surface area contributed by atoms with E-state index in [-0.39, 0.29) is 16.3 Å². The molecule has 1 aliphatic rings. The van der Waals surface area contributed by atoms with Gasteiger partial charge in [0.05, 0.1) is 11.6 Å². The molecule has 0 aliphatic heterocycles. The second-order valence-electron chi connectivity index (χ2n) is 3.94. The summed E-state index contributed by atoms with van der Waals surface area (Å²) >= 11 is 5.91. The standard InChI is InChI=1S/C11H12ClNO3/c12-9-4-7(13)3-8(11(14)15)10(9)16-5-6-1-2-6/h3-4,6H,1-2,5,13H2,(H,14,15). The lowest BCUT2D eigenvalue weighted by Crippen LogP contribution is -2.07. The summed E-state index contributed by atoms with van der Waals surface area (Å²) in [6.07, 6.45) is 2.27. The molecule has 0 bridgehead atoms. The number of carboxylic acids is 1. The highest BCUT2D eigenvalue weighted by atomic mass is 35.5. The monoisotopic (exact) mass is 241 g/mol. The van der Waals surface area contributed by atoms with Crippen molar-refractivity contribution in [3.63, 3.8) is 0 Å². The first-order valence-electron chi connectivity index (χ1n) is 5.03. The molecule has 0 spiro atoms. The maximum Gasteiger partial charge on any atom is 0.339 e. The number of aromatic carboxylic acids is 1. The highest BCUT2D eigenvalue weighted by Gasteiger charge is 2.24. The Morgan fingerprint density at radius 1 is 1.56 bits per heavy atom. The first kappa shape index (κ1) is 11.1. The quantitative estimate of drug-likeness (QED) is 0.794. The van der Waals surface area contributed by atoms with Crippen LogP contribution in [-0.2, 0) is 0 Å². The van der Waals surface area contributed by atoms with Gasteiger partial charge in [-0.3, -0.25) is 0 Å². The summed E-state index contributed by atoms with van der Waals surface area (Å²) < 4.78 is 5.44. The van der Waals surface area contributed by atoms with Gasteiger partial charge in [-0.1, -0.05) is 11.6 Å². The van der Waals surface area contributed by atoms with E-state index >= 15 is 0 Å². The molecule has 1 fully saturated rings. The summed E-state index contributed by atoms with van der Waals surface area (Å²) in [6.45, 7) is 0.518. The van der Waals surface area contributed by atoms with Crippen molar-refractivity contribution in [2.45, 2.75) is 12.8 Å². The molecule has 4 nitrogen and oxygen atoms in total. The van der Waals surface area contributed by atoms with E-state index in [0.29, 0.717) is 18.2 Å². The maximum absolute atomic E-state index is 11.0. The van der Waals surface area contributed by atoms with Crippen molar-refractivity contribution >= 4 is 23.3 Å². The van der Waals surface area contributed by atoms with Crippen molar-refractivity contribution in [1.82, 2.24) is 0 Å². The van der Waals surface area contributed by atoms with E-state index in [1.54, 1.807) is 0 Å². The van der Waals surface area contributed by atoms with Crippen molar-refractivity contribution in [2.75, 3.05) is 12.3 Å². The van der Waals surface area contributed by atoms with Gasteiger partial charge in [0, 0.05) is 5.69 Å². The third-order valence-electron chi connectivity index (χ3n) is 2.46. The van der Waals surface area contributed by atoms with E-state index in [4.69, 9.17) is 27.2 Å². The first-order chi connectivity index (χ1) is 7.58. The number of nitrogens with two attached hydrogens (primary N) is 1. The van der Waals surface area contributed by atoms with Crippen molar-refractivity contribution in [3.05, 3.63) is 22.7 Å². The number of carbonyl (C=O) groups is 1. The van der Waals surface area contributed by atoms with Gasteiger partial charge in [0.15, 0.2) is 5.75 Å². The Bertz CT molecular complexity index is 429. The van der Waals surface area contributed by atoms with Gasteiger partial charge in [-0.05, 0) is 30.9 Å². The number of hydrogen-bond donors (Lipinski definition) is 2. The molecule has 0 atom stereocenters. The van der Waals surface area contributed by atoms with Crippen LogP contribution in [-0.4, -0.2) is 17.7 Å². The number of hydrogen-bond acceptors (Lipinski definition) is 3. The van der Waals surface area contributed by atoms with Crippen LogP contribution in [0, 0.1) is 5.92 Å². The topological polar surface area (TPSA) is 72.5 Å². The smallest absolute Gasteiger partial charge is 0.339 e. The number of carboxylic acid groups (broad SMARTS) is 1. The molecule has 1 aromatic carbocycles. The molecule has 1 aliphatic carbocycles. The summed E-state index contributed by atoms with van der Waals surface area (Å²) in [6, 6.07) is 2.85. The Hall–Kier alpha value is -1.42. The number of nitrogen functional groups attached to an aromatic ring is 1. The summed E-state index contributed by atoms with van der Waals surface area (Å²) in [5, 5.41) is 9.25. The number of halogens is 1. The van der Waals surface area contributed by atoms with E-state index in [9.17, 15) is 4.79 Å². The largest absolute Gasteiger partial charge is 0.491 e. The maximum atomic E-state index is 11.0. The van der Waals surface area contributed by atoms with Crippen LogP contribution in [0.3, 0.4) is 0 Å². The van der Waals surface area contributed by atoms with Crippen LogP contribution in [0.5, 0.6) is 5.75 Å². The fourth-order valence-electron chi connectivity index (χ4n) is 1.41. The van der Waals surface area contributed by atoms with Crippen LogP contribution >= 0.6 is 11.6 Å². The zero-order valence-corrected chi connectivity index (χ0v) is 9.33. The molecule has 0 aromatic heterocycles. The average Bonchev–Trinajstić information content (AvgIpc) is 2.98. The van der Waals surface area contributed by atoms with E-state index in [2.05, 4.69) is 0 Å². The second kappa shape index (κ2) is 4.22. The summed E-state index contributed by atoms with van der Waals surface area (Å²) in [5.74, 6) is -0.328. The lowest BCUT2D eigenvalue weighted by molar-refractivity contribution is 0.0692. The first-order valence-corrected chi connectivity index (χ1v) is 5.41. The lowest BCUT2D eigenvalue weighted by atomic mass is 10.2. The minimum atomic E-state index is -1.08. The van der Waals surface area contributed by atoms with Crippen LogP contribution < -0.4 is 10.5 Å². The highest BCUT2D eigenvalue weighted by molar-refractivity contribution is 6.33. The molecule has 2 rings (SSSR count). The molecule has 0 radical (unpaired) electrons. The van der Waals surface area contributed by atoms with Crippen LogP contribution in [0.25, 0.3) is 0 Å². The van der Waals surface area contributed by atoms with E-state index < -0.39 is 5.97 Å². The average molecular weight is 242 g/mol. The molecule has 0 unspecified atom stereocenters. The molecule has 5 heteroatoms. The Kier molecular flexibility index (Phi) is 2.92. The zero-order valence-electron chi connectivity index (χ0n) is 8.57. The summed E-state index contributed by atoms with van der Waals surface area (Å²) in [7, 11) is 0. The Morgan fingerprint density at radius 2 is 2.25 bits per heavy atom. The van der Waals surface area contributed by atoms with Crippen LogP contribution in [0.1, 0.15) is 23.2 Å². The third kappa shape index (κ3) is 2.39. The van der Waals surface area contributed by atoms with Crippen LogP contribution in [0.15, 0.2) is 12.1 Å². The lowest BCUT2D eigenvalue weighted by Gasteiger charge is -2.11. The van der Waals surface area contributed by atoms with Crippen molar-refractivity contribution in [3.8, 4) is 5.75 Å². The zero-order chi connectivity index (χ0) is 11.7. The van der Waals surface area contributed by atoms with Gasteiger partial charge in [0.25, 0.3) is 0 Å². The minimum Gasteiger partial charge on any atom is -0.491 e. The van der Waals surface area contributed by atoms with Gasteiger partial charge in [0.2, 0.25) is 0 Å². The molecule has 0 amide bonds. The van der Waals surface area contributed by atoms with Gasteiger partial charge < -0.3 is 15.6 Å². The SMILES string of the molecule is Nc1cc(Cl)c(OCC2CC2)c(C(=O)O)c1. The molecule has 1 saturated carbocycles. The molecule has 1 aromatic rings. The van der Waals surface area contributed by atoms with Crippen molar-refractivity contribution in [2.24, 2.45) is 5.92 Å². The van der Waals surface area contributed by atoms with Gasteiger partial charge in [-0.2, -0.15) is 0 Å². The molecular weight excluding hydrogens is 230 g/mol. The van der Waals surface area contributed by atoms with E-state index in [1.807, 2.05) is 0 Å². The third-order valence-corrected chi connectivity index (χ3v) is 2.74. The fourth-order valence-corrected chi connectivity index (χ4v) is 1.69. The summed E-state index contributed by atoms with van der Waals surface area (Å²) in [5.41, 5.74) is 5.87. The van der Waals surface area contributed by atoms with Crippen LogP contribution in [0.2, 0.25) is 5.02 Å². The van der Waals surface area contributed by atoms with Gasteiger partial charge in [0.1, 0.15) is 5.56 Å². The molecule has 0 heterocycles. The summed E-state index contributed by atoms with van der Waals surface area (Å²) in [4.78, 5) is 11.0. The normalized spacial score (nSPS) is 14.8. The van der Waals surface area contributed by atoms with Gasteiger partial charge in [-0.25, -0.2) is 4.79 Å². The van der Waals surface area contributed by atoms with E-state index in [1.165, 1.54) is 12.1 Å². The Labute approximate surface area is 98.0 Å². The molecule has 16 heavy (non-hydrogen) atoms. The van der Waals surface area contributed by atoms with E-state index in [0.717, 1.165) is 12.8 Å². The molecule has 3 N–H and O–H groups in total. The predicted molar refractivity (Wildman–Crippen MR) is 61.0 cm³/mol. The van der Waals surface area contributed by atoms with Crippen LogP contribution in [0.4, 0.5) is 5.69 Å². The Balaban J connectivity index is 2.27. The van der Waals surface area contributed by atoms with Gasteiger partial charge in [-0.15, -0.1) is 0 Å². The predicted octanol–water partition coefficient (Wildman–Crippen LogP) is 2.41. The molecule has 0 saturated heterocycles. The number of benzene rings is 1. The van der Waals surface area contributed by atoms with Crippen molar-refractivity contribution < 1.29 is 14.6 Å². The highest BCUT2D eigenvalue weighted by Crippen LogP contribution is 2.35. The van der Waals surface area contributed by atoms with Crippen molar-refractivity contribution in [1.29, 1.82) is 0 Å². The van der Waals surface area contributed by atoms with Gasteiger partial charge >= 0.3 is 5.97 Å². The molecular formula is C11H12ClNO3. The second-order valence-corrected chi connectivity index (χ2v) is 4.35. The molecule has 86 valence electrons. The number of anilines is 1. The Morgan fingerprint density at radius 3 is 2.81 bits per heavy atom. The minimum absolute atomic E-state index is 0.0191. The fraction of sp³-hybridized carbons (Fsp3) is 0.364.